The summed E-state index contributed by atoms with van der Waals surface area (Å²) in [6.45, 7) is 5.19. The van der Waals surface area contributed by atoms with Crippen LogP contribution in [0.15, 0.2) is 12.7 Å². The van der Waals surface area contributed by atoms with Gasteiger partial charge >= 0.3 is 0 Å². The number of hydrogen-bond donors (Lipinski definition) is 0. The van der Waals surface area contributed by atoms with Crippen LogP contribution in [0.4, 0.5) is 0 Å². The van der Waals surface area contributed by atoms with Crippen molar-refractivity contribution in [1.82, 2.24) is 0 Å². The second-order valence-corrected chi connectivity index (χ2v) is 2.97. The van der Waals surface area contributed by atoms with E-state index in [0.29, 0.717) is 6.42 Å². The summed E-state index contributed by atoms with van der Waals surface area (Å²) in [6.07, 6.45) is 2.54. The Bertz CT molecular complexity index is 99.1. The minimum absolute atomic E-state index is 0.270. The number of carbonyl (C=O) groups is 1. The second-order valence-electron chi connectivity index (χ2n) is 1.82. The van der Waals surface area contributed by atoms with Gasteiger partial charge in [-0.05, 0) is 6.92 Å². The number of rotatable bonds is 5. The van der Waals surface area contributed by atoms with Crippen LogP contribution in [0, 0.1) is 0 Å². The van der Waals surface area contributed by atoms with E-state index in [9.17, 15) is 4.79 Å². The topological polar surface area (TPSA) is 17.1 Å². The van der Waals surface area contributed by atoms with Crippen LogP contribution in [0.25, 0.3) is 0 Å². The van der Waals surface area contributed by atoms with Gasteiger partial charge in [-0.3, -0.25) is 4.79 Å². The molecule has 0 radical (unpaired) electrons. The van der Waals surface area contributed by atoms with Crippen LogP contribution < -0.4 is 0 Å². The Kier molecular flexibility index (Phi) is 5.73. The highest BCUT2D eigenvalue weighted by Crippen LogP contribution is 2.01. The van der Waals surface area contributed by atoms with Gasteiger partial charge in [0.25, 0.3) is 0 Å². The maximum Gasteiger partial charge on any atom is 0.130 e. The molecule has 0 unspecified atom stereocenters. The lowest BCUT2D eigenvalue weighted by Crippen LogP contribution is -1.91. The van der Waals surface area contributed by atoms with Crippen molar-refractivity contribution in [2.24, 2.45) is 0 Å². The van der Waals surface area contributed by atoms with Crippen molar-refractivity contribution in [3.63, 3.8) is 0 Å². The zero-order valence-corrected chi connectivity index (χ0v) is 6.54. The standard InChI is InChI=1S/C7H12OS/c1-3-5-9-6-4-7(2)8/h3H,1,4-6H2,2H3. The maximum absolute atomic E-state index is 10.4. The van der Waals surface area contributed by atoms with Crippen molar-refractivity contribution in [3.05, 3.63) is 12.7 Å². The fraction of sp³-hybridized carbons (Fsp3) is 0.571. The van der Waals surface area contributed by atoms with Gasteiger partial charge < -0.3 is 0 Å². The quantitative estimate of drug-likeness (QED) is 0.433. The lowest BCUT2D eigenvalue weighted by molar-refractivity contribution is -0.116. The van der Waals surface area contributed by atoms with Gasteiger partial charge in [-0.15, -0.1) is 6.58 Å². The summed E-state index contributed by atoms with van der Waals surface area (Å²) >= 11 is 1.74. The average molecular weight is 144 g/mol. The minimum Gasteiger partial charge on any atom is -0.300 e. The summed E-state index contributed by atoms with van der Waals surface area (Å²) in [5, 5.41) is 0. The predicted octanol–water partition coefficient (Wildman–Crippen LogP) is 1.88. The molecule has 0 aromatic carbocycles. The fourth-order valence-corrected chi connectivity index (χ4v) is 1.15. The third-order valence-corrected chi connectivity index (χ3v) is 1.80. The first kappa shape index (κ1) is 8.76. The summed E-state index contributed by atoms with van der Waals surface area (Å²) < 4.78 is 0. The summed E-state index contributed by atoms with van der Waals surface area (Å²) in [5.74, 6) is 2.15. The molecule has 9 heavy (non-hydrogen) atoms. The first-order chi connectivity index (χ1) is 4.27. The Morgan fingerprint density at radius 2 is 2.44 bits per heavy atom. The van der Waals surface area contributed by atoms with Gasteiger partial charge in [-0.2, -0.15) is 11.8 Å². The molecular formula is C7H12OS. The van der Waals surface area contributed by atoms with E-state index < -0.39 is 0 Å². The molecule has 2 heteroatoms. The molecule has 52 valence electrons. The lowest BCUT2D eigenvalue weighted by atomic mass is 10.4. The third kappa shape index (κ3) is 7.76. The summed E-state index contributed by atoms with van der Waals surface area (Å²) in [5.41, 5.74) is 0. The Morgan fingerprint density at radius 1 is 1.78 bits per heavy atom. The van der Waals surface area contributed by atoms with Crippen molar-refractivity contribution in [2.75, 3.05) is 11.5 Å². The highest BCUT2D eigenvalue weighted by atomic mass is 32.2. The van der Waals surface area contributed by atoms with Crippen molar-refractivity contribution >= 4 is 17.5 Å². The molecule has 0 saturated carbocycles. The van der Waals surface area contributed by atoms with Crippen LogP contribution in [0.5, 0.6) is 0 Å². The normalized spacial score (nSPS) is 9.00. The third-order valence-electron chi connectivity index (χ3n) is 0.834. The van der Waals surface area contributed by atoms with E-state index in [-0.39, 0.29) is 5.78 Å². The lowest BCUT2D eigenvalue weighted by Gasteiger charge is -1.92. The van der Waals surface area contributed by atoms with Crippen molar-refractivity contribution < 1.29 is 4.79 Å². The molecule has 0 saturated heterocycles. The SMILES string of the molecule is C=CCSCCC(C)=O. The summed E-state index contributed by atoms with van der Waals surface area (Å²) in [6, 6.07) is 0. The molecule has 0 atom stereocenters. The Labute approximate surface area is 60.5 Å². The van der Waals surface area contributed by atoms with Crippen LogP contribution in [0.1, 0.15) is 13.3 Å². The molecule has 0 aromatic rings. The van der Waals surface area contributed by atoms with Gasteiger partial charge in [0.1, 0.15) is 5.78 Å². The van der Waals surface area contributed by atoms with E-state index in [1.807, 2.05) is 6.08 Å². The number of hydrogen-bond acceptors (Lipinski definition) is 2. The van der Waals surface area contributed by atoms with E-state index >= 15 is 0 Å². The van der Waals surface area contributed by atoms with Crippen molar-refractivity contribution in [1.29, 1.82) is 0 Å². The van der Waals surface area contributed by atoms with Crippen LogP contribution >= 0.6 is 11.8 Å². The number of carbonyl (C=O) groups excluding carboxylic acids is 1. The number of ketones is 1. The van der Waals surface area contributed by atoms with Gasteiger partial charge in [0.15, 0.2) is 0 Å². The van der Waals surface area contributed by atoms with Crippen LogP contribution in [-0.2, 0) is 4.79 Å². The zero-order chi connectivity index (χ0) is 7.11. The molecule has 0 heterocycles. The molecule has 0 aliphatic rings. The first-order valence-electron chi connectivity index (χ1n) is 2.95. The van der Waals surface area contributed by atoms with Gasteiger partial charge in [-0.1, -0.05) is 6.08 Å². The molecule has 0 fully saturated rings. The predicted molar refractivity (Wildman–Crippen MR) is 42.8 cm³/mol. The van der Waals surface area contributed by atoms with E-state index in [1.54, 1.807) is 18.7 Å². The van der Waals surface area contributed by atoms with Crippen LogP contribution in [0.3, 0.4) is 0 Å². The fourth-order valence-electron chi connectivity index (χ4n) is 0.383. The Morgan fingerprint density at radius 3 is 2.89 bits per heavy atom. The maximum atomic E-state index is 10.4. The molecule has 0 aliphatic carbocycles. The average Bonchev–Trinajstić information content (AvgIpc) is 1.80. The minimum atomic E-state index is 0.270. The zero-order valence-electron chi connectivity index (χ0n) is 5.72. The molecule has 0 aromatic heterocycles. The van der Waals surface area contributed by atoms with E-state index in [0.717, 1.165) is 11.5 Å². The monoisotopic (exact) mass is 144 g/mol. The Hall–Kier alpha value is -0.240. The largest absolute Gasteiger partial charge is 0.300 e. The molecule has 0 rings (SSSR count). The molecule has 0 amide bonds. The van der Waals surface area contributed by atoms with Gasteiger partial charge in [-0.25, -0.2) is 0 Å². The van der Waals surface area contributed by atoms with Gasteiger partial charge in [0.2, 0.25) is 0 Å². The Balaban J connectivity index is 2.91. The van der Waals surface area contributed by atoms with Crippen LogP contribution in [0.2, 0.25) is 0 Å². The van der Waals surface area contributed by atoms with Crippen molar-refractivity contribution in [2.45, 2.75) is 13.3 Å². The first-order valence-corrected chi connectivity index (χ1v) is 4.11. The molecule has 0 N–H and O–H groups in total. The molecule has 0 aliphatic heterocycles. The number of thioether (sulfide) groups is 1. The van der Waals surface area contributed by atoms with Crippen molar-refractivity contribution in [3.8, 4) is 0 Å². The van der Waals surface area contributed by atoms with Gasteiger partial charge in [0, 0.05) is 17.9 Å². The summed E-state index contributed by atoms with van der Waals surface area (Å²) in [4.78, 5) is 10.4. The summed E-state index contributed by atoms with van der Waals surface area (Å²) in [7, 11) is 0. The highest BCUT2D eigenvalue weighted by molar-refractivity contribution is 7.99. The highest BCUT2D eigenvalue weighted by Gasteiger charge is 1.90. The molecule has 1 nitrogen and oxygen atoms in total. The molecular weight excluding hydrogens is 132 g/mol. The smallest absolute Gasteiger partial charge is 0.130 e. The van der Waals surface area contributed by atoms with E-state index in [1.165, 1.54) is 0 Å². The second kappa shape index (κ2) is 5.89. The van der Waals surface area contributed by atoms with Crippen LogP contribution in [-0.4, -0.2) is 17.3 Å². The van der Waals surface area contributed by atoms with E-state index in [2.05, 4.69) is 6.58 Å². The molecule has 0 spiro atoms. The van der Waals surface area contributed by atoms with E-state index in [4.69, 9.17) is 0 Å². The molecule has 0 bridgehead atoms. The number of Topliss-reactive ketones (excluding diaryl/α,β-unsaturated/α-hetero) is 1. The van der Waals surface area contributed by atoms with Gasteiger partial charge in [0.05, 0.1) is 0 Å².